The molecular formula is C15H26O3. The molecule has 4 unspecified atom stereocenters. The molecule has 0 aromatic heterocycles. The van der Waals surface area contributed by atoms with Gasteiger partial charge in [0.15, 0.2) is 5.78 Å². The van der Waals surface area contributed by atoms with Crippen molar-refractivity contribution in [3.8, 4) is 0 Å². The normalized spacial score (nSPS) is 35.8. The highest BCUT2D eigenvalue weighted by atomic mass is 16.6. The van der Waals surface area contributed by atoms with Gasteiger partial charge in [-0.25, -0.2) is 0 Å². The Balaban J connectivity index is 2.05. The molecule has 3 rings (SSSR count). The molecule has 2 saturated heterocycles. The highest BCUT2D eigenvalue weighted by Crippen LogP contribution is 2.41. The highest BCUT2D eigenvalue weighted by Gasteiger charge is 2.48. The van der Waals surface area contributed by atoms with Crippen molar-refractivity contribution >= 4 is 5.78 Å². The third-order valence-electron chi connectivity index (χ3n) is 4.71. The zero-order valence-electron chi connectivity index (χ0n) is 12.1. The number of Topliss-reactive ketones (excluding diaryl/α,β-unsaturated/α-hetero) is 1. The smallest absolute Gasteiger partial charge is 0.167 e. The van der Waals surface area contributed by atoms with Crippen molar-refractivity contribution in [1.29, 1.82) is 0 Å². The Morgan fingerprint density at radius 3 is 2.56 bits per heavy atom. The van der Waals surface area contributed by atoms with Crippen LogP contribution in [-0.4, -0.2) is 30.7 Å². The van der Waals surface area contributed by atoms with Crippen molar-refractivity contribution in [3.63, 3.8) is 0 Å². The van der Waals surface area contributed by atoms with Crippen molar-refractivity contribution in [1.82, 2.24) is 0 Å². The van der Waals surface area contributed by atoms with Crippen LogP contribution >= 0.6 is 0 Å². The molecule has 3 fully saturated rings. The van der Waals surface area contributed by atoms with Gasteiger partial charge in [0.1, 0.15) is 6.10 Å². The summed E-state index contributed by atoms with van der Waals surface area (Å²) in [6, 6.07) is 0. The molecule has 104 valence electrons. The number of carbonyl (C=O) groups is 1. The molecule has 1 saturated carbocycles. The van der Waals surface area contributed by atoms with Crippen molar-refractivity contribution in [3.05, 3.63) is 0 Å². The largest absolute Gasteiger partial charge is 0.376 e. The molecule has 2 aliphatic heterocycles. The van der Waals surface area contributed by atoms with E-state index in [0.29, 0.717) is 5.92 Å². The number of rotatable bonds is 5. The summed E-state index contributed by atoms with van der Waals surface area (Å²) in [7, 11) is 0. The molecule has 0 aromatic carbocycles. The monoisotopic (exact) mass is 254 g/mol. The predicted octanol–water partition coefficient (Wildman–Crippen LogP) is 2.96. The van der Waals surface area contributed by atoms with Gasteiger partial charge in [0.05, 0.1) is 12.2 Å². The summed E-state index contributed by atoms with van der Waals surface area (Å²) >= 11 is 0. The van der Waals surface area contributed by atoms with Crippen LogP contribution in [0, 0.1) is 11.3 Å². The second kappa shape index (κ2) is 5.30. The Labute approximate surface area is 110 Å². The number of ketones is 1. The average Bonchev–Trinajstić information content (AvgIpc) is 2.39. The van der Waals surface area contributed by atoms with E-state index in [1.807, 2.05) is 20.8 Å². The van der Waals surface area contributed by atoms with E-state index in [-0.39, 0.29) is 29.5 Å². The minimum atomic E-state index is -0.261. The minimum Gasteiger partial charge on any atom is -0.376 e. The van der Waals surface area contributed by atoms with Crippen LogP contribution in [0.25, 0.3) is 0 Å². The van der Waals surface area contributed by atoms with E-state index in [2.05, 4.69) is 6.92 Å². The van der Waals surface area contributed by atoms with Crippen molar-refractivity contribution in [2.45, 2.75) is 71.7 Å². The Morgan fingerprint density at radius 1 is 1.33 bits per heavy atom. The van der Waals surface area contributed by atoms with E-state index >= 15 is 0 Å². The fraction of sp³-hybridized carbons (Fsp3) is 0.933. The zero-order valence-corrected chi connectivity index (χ0v) is 12.1. The van der Waals surface area contributed by atoms with Crippen molar-refractivity contribution in [2.24, 2.45) is 11.3 Å². The maximum Gasteiger partial charge on any atom is 0.167 e. The lowest BCUT2D eigenvalue weighted by Gasteiger charge is -2.47. The predicted molar refractivity (Wildman–Crippen MR) is 70.5 cm³/mol. The summed E-state index contributed by atoms with van der Waals surface area (Å²) in [5, 5.41) is 0. The Bertz CT molecular complexity index is 311. The molecular weight excluding hydrogens is 228 g/mol. The summed E-state index contributed by atoms with van der Waals surface area (Å²) in [5.74, 6) is 0.652. The summed E-state index contributed by atoms with van der Waals surface area (Å²) in [5.41, 5.74) is -0.261. The molecule has 1 aliphatic carbocycles. The first-order chi connectivity index (χ1) is 8.49. The van der Waals surface area contributed by atoms with Crippen LogP contribution in [0.1, 0.15) is 53.4 Å². The molecule has 4 atom stereocenters. The van der Waals surface area contributed by atoms with E-state index in [1.165, 1.54) is 0 Å². The van der Waals surface area contributed by atoms with Gasteiger partial charge >= 0.3 is 0 Å². The second-order valence-corrected chi connectivity index (χ2v) is 6.26. The fourth-order valence-corrected chi connectivity index (χ4v) is 3.09. The molecule has 0 N–H and O–H groups in total. The lowest BCUT2D eigenvalue weighted by molar-refractivity contribution is -0.201. The van der Waals surface area contributed by atoms with E-state index < -0.39 is 0 Å². The van der Waals surface area contributed by atoms with E-state index in [0.717, 1.165) is 32.3 Å². The first-order valence-electron chi connectivity index (χ1n) is 7.31. The average molecular weight is 254 g/mol. The lowest BCUT2D eigenvalue weighted by atomic mass is 9.72. The van der Waals surface area contributed by atoms with Gasteiger partial charge < -0.3 is 9.47 Å². The van der Waals surface area contributed by atoms with Gasteiger partial charge in [0.25, 0.3) is 0 Å². The SMILES string of the molecule is CCOC1CC2CCC1OC2C(=O)C(C)(C)CC. The number of carbonyl (C=O) groups excluding carboxylic acids is 1. The van der Waals surface area contributed by atoms with Gasteiger partial charge in [0, 0.05) is 12.0 Å². The Kier molecular flexibility index (Phi) is 4.12. The van der Waals surface area contributed by atoms with Gasteiger partial charge in [-0.1, -0.05) is 20.8 Å². The molecule has 0 amide bonds. The van der Waals surface area contributed by atoms with Crippen LogP contribution in [-0.2, 0) is 14.3 Å². The quantitative estimate of drug-likeness (QED) is 0.756. The molecule has 3 heteroatoms. The molecule has 0 radical (unpaired) electrons. The summed E-state index contributed by atoms with van der Waals surface area (Å²) in [4.78, 5) is 12.5. The van der Waals surface area contributed by atoms with Crippen LogP contribution in [0.2, 0.25) is 0 Å². The lowest BCUT2D eigenvalue weighted by Crippen LogP contribution is -2.55. The maximum atomic E-state index is 12.5. The number of ether oxygens (including phenoxy) is 2. The molecule has 0 spiro atoms. The molecule has 2 heterocycles. The summed E-state index contributed by atoms with van der Waals surface area (Å²) in [6.07, 6.45) is 4.19. The van der Waals surface area contributed by atoms with Crippen LogP contribution in [0.5, 0.6) is 0 Å². The van der Waals surface area contributed by atoms with Crippen LogP contribution in [0.4, 0.5) is 0 Å². The van der Waals surface area contributed by atoms with Gasteiger partial charge in [-0.2, -0.15) is 0 Å². The fourth-order valence-electron chi connectivity index (χ4n) is 3.09. The highest BCUT2D eigenvalue weighted by molar-refractivity contribution is 5.88. The number of hydrogen-bond donors (Lipinski definition) is 0. The third kappa shape index (κ3) is 2.48. The summed E-state index contributed by atoms with van der Waals surface area (Å²) in [6.45, 7) is 8.88. The topological polar surface area (TPSA) is 35.5 Å². The molecule has 0 aromatic rings. The van der Waals surface area contributed by atoms with E-state index in [1.54, 1.807) is 0 Å². The number of fused-ring (bicyclic) bond motifs is 3. The summed E-state index contributed by atoms with van der Waals surface area (Å²) < 4.78 is 11.7. The third-order valence-corrected chi connectivity index (χ3v) is 4.71. The van der Waals surface area contributed by atoms with Crippen molar-refractivity contribution < 1.29 is 14.3 Å². The van der Waals surface area contributed by atoms with Crippen molar-refractivity contribution in [2.75, 3.05) is 6.61 Å². The number of hydrogen-bond acceptors (Lipinski definition) is 3. The van der Waals surface area contributed by atoms with Gasteiger partial charge in [-0.05, 0) is 38.5 Å². The Morgan fingerprint density at radius 2 is 2.06 bits per heavy atom. The molecule has 3 aliphatic rings. The van der Waals surface area contributed by atoms with Crippen LogP contribution in [0.15, 0.2) is 0 Å². The van der Waals surface area contributed by atoms with Crippen LogP contribution < -0.4 is 0 Å². The molecule has 2 bridgehead atoms. The van der Waals surface area contributed by atoms with Gasteiger partial charge in [-0.3, -0.25) is 4.79 Å². The molecule has 3 nitrogen and oxygen atoms in total. The van der Waals surface area contributed by atoms with Gasteiger partial charge in [-0.15, -0.1) is 0 Å². The maximum absolute atomic E-state index is 12.5. The van der Waals surface area contributed by atoms with Gasteiger partial charge in [0.2, 0.25) is 0 Å². The Hall–Kier alpha value is -0.410. The first kappa shape index (κ1) is 14.0. The standard InChI is InChI=1S/C15H26O3/c1-5-15(3,4)14(16)13-10-7-8-11(18-13)12(9-10)17-6-2/h10-13H,5-9H2,1-4H3. The first-order valence-corrected chi connectivity index (χ1v) is 7.31. The van der Waals surface area contributed by atoms with E-state index in [9.17, 15) is 4.79 Å². The van der Waals surface area contributed by atoms with E-state index in [4.69, 9.17) is 9.47 Å². The second-order valence-electron chi connectivity index (χ2n) is 6.26. The minimum absolute atomic E-state index is 0.136. The zero-order chi connectivity index (χ0) is 13.3. The van der Waals surface area contributed by atoms with Crippen LogP contribution in [0.3, 0.4) is 0 Å². The molecule has 18 heavy (non-hydrogen) atoms.